The Bertz CT molecular complexity index is 577. The van der Waals surface area contributed by atoms with Gasteiger partial charge in [0.25, 0.3) is 5.91 Å². The maximum Gasteiger partial charge on any atom is 0.260 e. The average molecular weight is 273 g/mol. The van der Waals surface area contributed by atoms with Gasteiger partial charge in [-0.15, -0.1) is 0 Å². The van der Waals surface area contributed by atoms with E-state index in [0.29, 0.717) is 29.0 Å². The second-order valence-corrected chi connectivity index (χ2v) is 5.45. The largest absolute Gasteiger partial charge is 0.294 e. The summed E-state index contributed by atoms with van der Waals surface area (Å²) in [7, 11) is 1.47. The summed E-state index contributed by atoms with van der Waals surface area (Å²) in [6.07, 6.45) is 1.66. The van der Waals surface area contributed by atoms with Gasteiger partial charge < -0.3 is 0 Å². The Labute approximate surface area is 118 Å². The number of imide groups is 1. The third kappa shape index (κ3) is 2.64. The molecule has 1 aromatic carbocycles. The number of carbonyl (C=O) groups excluding carboxylic acids is 3. The van der Waals surface area contributed by atoms with Crippen molar-refractivity contribution in [3.8, 4) is 0 Å². The van der Waals surface area contributed by atoms with Crippen molar-refractivity contribution in [2.24, 2.45) is 5.92 Å². The minimum Gasteiger partial charge on any atom is -0.294 e. The number of hydrogen-bond donors (Lipinski definition) is 0. The van der Waals surface area contributed by atoms with E-state index >= 15 is 0 Å². The molecule has 20 heavy (non-hydrogen) atoms. The van der Waals surface area contributed by atoms with E-state index in [1.54, 1.807) is 18.2 Å². The van der Waals surface area contributed by atoms with E-state index in [1.165, 1.54) is 7.05 Å². The number of amides is 2. The van der Waals surface area contributed by atoms with Gasteiger partial charge in [0.15, 0.2) is 5.78 Å². The van der Waals surface area contributed by atoms with Crippen molar-refractivity contribution < 1.29 is 14.4 Å². The highest BCUT2D eigenvalue weighted by Gasteiger charge is 2.28. The highest BCUT2D eigenvalue weighted by molar-refractivity contribution is 6.10. The van der Waals surface area contributed by atoms with Crippen LogP contribution in [0.4, 0.5) is 0 Å². The molecule has 0 aliphatic carbocycles. The number of hydrogen-bond acceptors (Lipinski definition) is 3. The van der Waals surface area contributed by atoms with Crippen LogP contribution in [0.2, 0.25) is 0 Å². The summed E-state index contributed by atoms with van der Waals surface area (Å²) in [4.78, 5) is 37.0. The Morgan fingerprint density at radius 3 is 2.70 bits per heavy atom. The molecule has 0 saturated carbocycles. The number of likely N-dealkylation sites (N-methyl/N-ethyl adjacent to an activating group) is 1. The average Bonchev–Trinajstić information content (AvgIpc) is 2.44. The zero-order chi connectivity index (χ0) is 14.9. The van der Waals surface area contributed by atoms with E-state index in [1.807, 2.05) is 6.92 Å². The van der Waals surface area contributed by atoms with Gasteiger partial charge in [0, 0.05) is 24.6 Å². The summed E-state index contributed by atoms with van der Waals surface area (Å²) < 4.78 is 0. The molecule has 2 rings (SSSR count). The van der Waals surface area contributed by atoms with Crippen LogP contribution >= 0.6 is 0 Å². The van der Waals surface area contributed by atoms with Gasteiger partial charge in [0.2, 0.25) is 5.91 Å². The zero-order valence-electron chi connectivity index (χ0n) is 12.1. The first-order valence-corrected chi connectivity index (χ1v) is 6.91. The quantitative estimate of drug-likeness (QED) is 0.625. The molecule has 4 nitrogen and oxygen atoms in total. The van der Waals surface area contributed by atoms with Crippen molar-refractivity contribution in [1.29, 1.82) is 0 Å². The molecule has 1 aromatic rings. The molecule has 0 spiro atoms. The fourth-order valence-corrected chi connectivity index (χ4v) is 2.26. The standard InChI is InChI=1S/C16H19NO3/c1-4-10(2)7-14(18)12-6-5-11-9-15(19)17(3)16(20)13(11)8-12/h5-6,8,10H,4,7,9H2,1-3H3. The number of fused-ring (bicyclic) bond motifs is 1. The Balaban J connectivity index is 2.30. The van der Waals surface area contributed by atoms with E-state index < -0.39 is 0 Å². The number of nitrogens with zero attached hydrogens (tertiary/aromatic N) is 1. The first-order valence-electron chi connectivity index (χ1n) is 6.91. The lowest BCUT2D eigenvalue weighted by atomic mass is 9.92. The zero-order valence-corrected chi connectivity index (χ0v) is 12.1. The Morgan fingerprint density at radius 2 is 2.05 bits per heavy atom. The number of benzene rings is 1. The van der Waals surface area contributed by atoms with Crippen LogP contribution in [-0.2, 0) is 11.2 Å². The molecule has 106 valence electrons. The predicted molar refractivity (Wildman–Crippen MR) is 75.6 cm³/mol. The van der Waals surface area contributed by atoms with Crippen LogP contribution in [-0.4, -0.2) is 29.5 Å². The van der Waals surface area contributed by atoms with Crippen LogP contribution in [0.25, 0.3) is 0 Å². The minimum atomic E-state index is -0.325. The highest BCUT2D eigenvalue weighted by atomic mass is 16.2. The lowest BCUT2D eigenvalue weighted by Crippen LogP contribution is -2.39. The van der Waals surface area contributed by atoms with Crippen molar-refractivity contribution >= 4 is 17.6 Å². The van der Waals surface area contributed by atoms with E-state index in [-0.39, 0.29) is 24.0 Å². The molecule has 0 saturated heterocycles. The van der Waals surface area contributed by atoms with Gasteiger partial charge in [-0.2, -0.15) is 0 Å². The van der Waals surface area contributed by atoms with Gasteiger partial charge >= 0.3 is 0 Å². The molecule has 2 amide bonds. The summed E-state index contributed by atoms with van der Waals surface area (Å²) in [5, 5.41) is 0. The first kappa shape index (κ1) is 14.4. The summed E-state index contributed by atoms with van der Waals surface area (Å²) in [5.74, 6) is -0.149. The minimum absolute atomic E-state index is 0.0505. The summed E-state index contributed by atoms with van der Waals surface area (Å²) in [6.45, 7) is 4.09. The van der Waals surface area contributed by atoms with Crippen LogP contribution in [0.3, 0.4) is 0 Å². The molecule has 1 aliphatic rings. The monoisotopic (exact) mass is 273 g/mol. The van der Waals surface area contributed by atoms with Crippen molar-refractivity contribution in [2.75, 3.05) is 7.05 Å². The van der Waals surface area contributed by atoms with Gasteiger partial charge in [0.1, 0.15) is 0 Å². The van der Waals surface area contributed by atoms with Gasteiger partial charge in [-0.3, -0.25) is 19.3 Å². The number of Topliss-reactive ketones (excluding diaryl/α,β-unsaturated/α-hetero) is 1. The topological polar surface area (TPSA) is 54.5 Å². The molecule has 0 radical (unpaired) electrons. The molecule has 1 unspecified atom stereocenters. The van der Waals surface area contributed by atoms with E-state index in [0.717, 1.165) is 11.3 Å². The maximum atomic E-state index is 12.2. The van der Waals surface area contributed by atoms with Crippen molar-refractivity contribution in [1.82, 2.24) is 4.90 Å². The van der Waals surface area contributed by atoms with Gasteiger partial charge in [-0.25, -0.2) is 0 Å². The first-order chi connectivity index (χ1) is 9.43. The van der Waals surface area contributed by atoms with Crippen LogP contribution in [0.1, 0.15) is 53.0 Å². The molecular formula is C16H19NO3. The van der Waals surface area contributed by atoms with Gasteiger partial charge in [0.05, 0.1) is 6.42 Å². The molecule has 4 heteroatoms. The van der Waals surface area contributed by atoms with Crippen molar-refractivity contribution in [2.45, 2.75) is 33.1 Å². The number of carbonyl (C=O) groups is 3. The maximum absolute atomic E-state index is 12.2. The normalized spacial score (nSPS) is 16.1. The molecule has 1 atom stereocenters. The fourth-order valence-electron chi connectivity index (χ4n) is 2.26. The molecule has 0 bridgehead atoms. The van der Waals surface area contributed by atoms with Gasteiger partial charge in [-0.1, -0.05) is 32.4 Å². The van der Waals surface area contributed by atoms with Crippen LogP contribution in [0, 0.1) is 5.92 Å². The predicted octanol–water partition coefficient (Wildman–Crippen LogP) is 2.46. The van der Waals surface area contributed by atoms with E-state index in [4.69, 9.17) is 0 Å². The second kappa shape index (κ2) is 5.57. The lowest BCUT2D eigenvalue weighted by Gasteiger charge is -2.23. The summed E-state index contributed by atoms with van der Waals surface area (Å²) in [5.41, 5.74) is 1.74. The van der Waals surface area contributed by atoms with Crippen LogP contribution < -0.4 is 0 Å². The Kier molecular flexibility index (Phi) is 4.02. The molecular weight excluding hydrogens is 254 g/mol. The molecule has 0 aromatic heterocycles. The fraction of sp³-hybridized carbons (Fsp3) is 0.438. The van der Waals surface area contributed by atoms with E-state index in [2.05, 4.69) is 6.92 Å². The Morgan fingerprint density at radius 1 is 1.35 bits per heavy atom. The SMILES string of the molecule is CCC(C)CC(=O)c1ccc2c(c1)C(=O)N(C)C(=O)C2. The second-order valence-electron chi connectivity index (χ2n) is 5.45. The van der Waals surface area contributed by atoms with Gasteiger partial charge in [-0.05, 0) is 17.5 Å². The molecule has 0 N–H and O–H groups in total. The van der Waals surface area contributed by atoms with Crippen molar-refractivity contribution in [3.05, 3.63) is 34.9 Å². The van der Waals surface area contributed by atoms with Crippen LogP contribution in [0.5, 0.6) is 0 Å². The number of ketones is 1. The molecule has 1 aliphatic heterocycles. The highest BCUT2D eigenvalue weighted by Crippen LogP contribution is 2.22. The third-order valence-corrected chi connectivity index (χ3v) is 3.91. The van der Waals surface area contributed by atoms with Crippen molar-refractivity contribution in [3.63, 3.8) is 0 Å². The Hall–Kier alpha value is -1.97. The van der Waals surface area contributed by atoms with E-state index in [9.17, 15) is 14.4 Å². The smallest absolute Gasteiger partial charge is 0.260 e. The molecule has 1 heterocycles. The summed E-state index contributed by atoms with van der Waals surface area (Å²) in [6, 6.07) is 5.07. The number of rotatable bonds is 4. The molecule has 0 fully saturated rings. The van der Waals surface area contributed by atoms with Crippen LogP contribution in [0.15, 0.2) is 18.2 Å². The summed E-state index contributed by atoms with van der Waals surface area (Å²) >= 11 is 0. The third-order valence-electron chi connectivity index (χ3n) is 3.91. The lowest BCUT2D eigenvalue weighted by molar-refractivity contribution is -0.127.